The summed E-state index contributed by atoms with van der Waals surface area (Å²) in [5.74, 6) is 0.311. The molecule has 2 fully saturated rings. The third-order valence-electron chi connectivity index (χ3n) is 4.94. The van der Waals surface area contributed by atoms with Crippen molar-refractivity contribution in [2.45, 2.75) is 83.2 Å². The predicted molar refractivity (Wildman–Crippen MR) is 77.3 cm³/mol. The minimum absolute atomic E-state index is 0.334. The molecule has 2 rings (SSSR count). The number of unbranched alkanes of at least 4 members (excludes halogenated alkanes) is 1. The highest BCUT2D eigenvalue weighted by Gasteiger charge is 2.34. The third-order valence-corrected chi connectivity index (χ3v) is 4.94. The van der Waals surface area contributed by atoms with Crippen LogP contribution in [-0.2, 0) is 4.79 Å². The summed E-state index contributed by atoms with van der Waals surface area (Å²) in [4.78, 5) is 13.3. The lowest BCUT2D eigenvalue weighted by Gasteiger charge is -2.37. The molecule has 19 heavy (non-hydrogen) atoms. The van der Waals surface area contributed by atoms with Gasteiger partial charge in [0.25, 0.3) is 0 Å². The van der Waals surface area contributed by atoms with Crippen LogP contribution >= 0.6 is 0 Å². The van der Waals surface area contributed by atoms with Crippen LogP contribution in [0.1, 0.15) is 71.1 Å². The van der Waals surface area contributed by atoms with E-state index in [-0.39, 0.29) is 0 Å². The minimum atomic E-state index is -0.651. The number of rotatable bonds is 8. The maximum absolute atomic E-state index is 10.5. The van der Waals surface area contributed by atoms with Crippen molar-refractivity contribution in [2.75, 3.05) is 6.54 Å². The molecule has 0 radical (unpaired) electrons. The van der Waals surface area contributed by atoms with Gasteiger partial charge in [0, 0.05) is 18.5 Å². The van der Waals surface area contributed by atoms with Crippen molar-refractivity contribution >= 4 is 5.97 Å². The summed E-state index contributed by atoms with van der Waals surface area (Å²) in [5.41, 5.74) is 0. The largest absolute Gasteiger partial charge is 0.481 e. The molecule has 3 heteroatoms. The van der Waals surface area contributed by atoms with E-state index in [0.29, 0.717) is 6.42 Å². The zero-order chi connectivity index (χ0) is 13.7. The van der Waals surface area contributed by atoms with Crippen LogP contribution in [0.25, 0.3) is 0 Å². The quantitative estimate of drug-likeness (QED) is 0.682. The normalized spacial score (nSPS) is 27.7. The maximum atomic E-state index is 10.5. The van der Waals surface area contributed by atoms with Crippen LogP contribution in [0.3, 0.4) is 0 Å². The highest BCUT2D eigenvalue weighted by molar-refractivity contribution is 5.66. The molecular formula is C16H29NO2. The molecule has 0 aliphatic heterocycles. The van der Waals surface area contributed by atoms with E-state index in [1.54, 1.807) is 0 Å². The van der Waals surface area contributed by atoms with Crippen molar-refractivity contribution in [3.05, 3.63) is 0 Å². The first-order valence-electron chi connectivity index (χ1n) is 8.18. The fraction of sp³-hybridized carbons (Fsp3) is 0.938. The fourth-order valence-electron chi connectivity index (χ4n) is 3.52. The Morgan fingerprint density at radius 3 is 2.11 bits per heavy atom. The molecule has 2 aliphatic rings. The van der Waals surface area contributed by atoms with E-state index in [2.05, 4.69) is 11.8 Å². The van der Waals surface area contributed by atoms with Gasteiger partial charge in [0.15, 0.2) is 0 Å². The first kappa shape index (κ1) is 14.8. The van der Waals surface area contributed by atoms with E-state index < -0.39 is 5.97 Å². The molecule has 2 saturated carbocycles. The summed E-state index contributed by atoms with van der Waals surface area (Å²) in [6, 6.07) is 1.62. The molecule has 0 heterocycles. The monoisotopic (exact) mass is 267 g/mol. The second-order valence-corrected chi connectivity index (χ2v) is 6.40. The SMILES string of the molecule is CCC1CCC(N(CCCCC(=O)O)C2CC2)CC1. The Balaban J connectivity index is 1.72. The first-order valence-corrected chi connectivity index (χ1v) is 8.18. The lowest BCUT2D eigenvalue weighted by molar-refractivity contribution is -0.137. The summed E-state index contributed by atoms with van der Waals surface area (Å²) in [6.45, 7) is 3.44. The van der Waals surface area contributed by atoms with Gasteiger partial charge in [-0.2, -0.15) is 0 Å². The highest BCUT2D eigenvalue weighted by Crippen LogP contribution is 2.36. The van der Waals surface area contributed by atoms with Gasteiger partial charge in [-0.15, -0.1) is 0 Å². The molecule has 0 aromatic rings. The molecule has 0 aromatic carbocycles. The minimum Gasteiger partial charge on any atom is -0.481 e. The number of nitrogens with zero attached hydrogens (tertiary/aromatic N) is 1. The molecule has 0 aromatic heterocycles. The Hall–Kier alpha value is -0.570. The van der Waals surface area contributed by atoms with Crippen LogP contribution in [0.5, 0.6) is 0 Å². The predicted octanol–water partition coefficient (Wildman–Crippen LogP) is 3.67. The lowest BCUT2D eigenvalue weighted by atomic mass is 9.84. The summed E-state index contributed by atoms with van der Waals surface area (Å²) in [5, 5.41) is 8.69. The molecule has 0 atom stereocenters. The van der Waals surface area contributed by atoms with E-state index >= 15 is 0 Å². The topological polar surface area (TPSA) is 40.5 Å². The molecule has 1 N–H and O–H groups in total. The van der Waals surface area contributed by atoms with Crippen LogP contribution in [0.4, 0.5) is 0 Å². The summed E-state index contributed by atoms with van der Waals surface area (Å²) >= 11 is 0. The van der Waals surface area contributed by atoms with Crippen molar-refractivity contribution < 1.29 is 9.90 Å². The molecular weight excluding hydrogens is 238 g/mol. The lowest BCUT2D eigenvalue weighted by Crippen LogP contribution is -2.40. The van der Waals surface area contributed by atoms with Crippen LogP contribution in [0.2, 0.25) is 0 Å². The van der Waals surface area contributed by atoms with Gasteiger partial charge in [0.05, 0.1) is 0 Å². The molecule has 0 spiro atoms. The van der Waals surface area contributed by atoms with Gasteiger partial charge < -0.3 is 5.11 Å². The standard InChI is InChI=1S/C16H29NO2/c1-2-13-6-8-14(9-7-13)17(15-10-11-15)12-4-3-5-16(18)19/h13-15H,2-12H2,1H3,(H,18,19). The zero-order valence-electron chi connectivity index (χ0n) is 12.3. The Kier molecular flexibility index (Phi) is 5.68. The fourth-order valence-corrected chi connectivity index (χ4v) is 3.52. The summed E-state index contributed by atoms with van der Waals surface area (Å²) in [7, 11) is 0. The molecule has 3 nitrogen and oxygen atoms in total. The maximum Gasteiger partial charge on any atom is 0.303 e. The highest BCUT2D eigenvalue weighted by atomic mass is 16.4. The smallest absolute Gasteiger partial charge is 0.303 e. The van der Waals surface area contributed by atoms with Crippen LogP contribution in [-0.4, -0.2) is 34.6 Å². The molecule has 0 bridgehead atoms. The number of carbonyl (C=O) groups is 1. The zero-order valence-corrected chi connectivity index (χ0v) is 12.3. The molecule has 2 aliphatic carbocycles. The number of hydrogen-bond donors (Lipinski definition) is 1. The number of carboxylic acids is 1. The Labute approximate surface area is 117 Å². The van der Waals surface area contributed by atoms with Gasteiger partial charge in [0.1, 0.15) is 0 Å². The van der Waals surface area contributed by atoms with E-state index in [1.165, 1.54) is 44.9 Å². The van der Waals surface area contributed by atoms with Crippen molar-refractivity contribution in [3.8, 4) is 0 Å². The van der Waals surface area contributed by atoms with Gasteiger partial charge in [-0.3, -0.25) is 9.69 Å². The Morgan fingerprint density at radius 2 is 1.63 bits per heavy atom. The van der Waals surface area contributed by atoms with Crippen molar-refractivity contribution in [3.63, 3.8) is 0 Å². The van der Waals surface area contributed by atoms with Gasteiger partial charge in [-0.05, 0) is 63.8 Å². The number of carboxylic acid groups (broad SMARTS) is 1. The van der Waals surface area contributed by atoms with Gasteiger partial charge >= 0.3 is 5.97 Å². The van der Waals surface area contributed by atoms with Gasteiger partial charge in [0.2, 0.25) is 0 Å². The van der Waals surface area contributed by atoms with E-state index in [0.717, 1.165) is 37.4 Å². The van der Waals surface area contributed by atoms with Gasteiger partial charge in [-0.1, -0.05) is 13.3 Å². The van der Waals surface area contributed by atoms with Crippen molar-refractivity contribution in [1.29, 1.82) is 0 Å². The Bertz CT molecular complexity index is 280. The summed E-state index contributed by atoms with van der Waals surface area (Å²) < 4.78 is 0. The molecule has 0 unspecified atom stereocenters. The van der Waals surface area contributed by atoms with E-state index in [9.17, 15) is 4.79 Å². The van der Waals surface area contributed by atoms with Crippen molar-refractivity contribution in [1.82, 2.24) is 4.90 Å². The van der Waals surface area contributed by atoms with E-state index in [1.807, 2.05) is 0 Å². The first-order chi connectivity index (χ1) is 9.20. The number of aliphatic carboxylic acids is 1. The molecule has 110 valence electrons. The van der Waals surface area contributed by atoms with Crippen LogP contribution in [0, 0.1) is 5.92 Å². The second kappa shape index (κ2) is 7.28. The summed E-state index contributed by atoms with van der Waals surface area (Å²) in [6.07, 6.45) is 11.8. The second-order valence-electron chi connectivity index (χ2n) is 6.40. The average molecular weight is 267 g/mol. The third kappa shape index (κ3) is 4.79. The molecule has 0 amide bonds. The van der Waals surface area contributed by atoms with Crippen molar-refractivity contribution in [2.24, 2.45) is 5.92 Å². The van der Waals surface area contributed by atoms with Crippen LogP contribution < -0.4 is 0 Å². The Morgan fingerprint density at radius 1 is 1.05 bits per heavy atom. The average Bonchev–Trinajstić information content (AvgIpc) is 3.23. The van der Waals surface area contributed by atoms with Gasteiger partial charge in [-0.25, -0.2) is 0 Å². The van der Waals surface area contributed by atoms with Crippen LogP contribution in [0.15, 0.2) is 0 Å². The number of hydrogen-bond acceptors (Lipinski definition) is 2. The molecule has 0 saturated heterocycles. The van der Waals surface area contributed by atoms with E-state index in [4.69, 9.17) is 5.11 Å².